The second-order valence-corrected chi connectivity index (χ2v) is 7.54. The van der Waals surface area contributed by atoms with E-state index in [1.807, 2.05) is 6.92 Å². The minimum atomic E-state index is -3.26. The second kappa shape index (κ2) is 7.21. The summed E-state index contributed by atoms with van der Waals surface area (Å²) in [5.74, 6) is 0.0559. The fraction of sp³-hybridized carbons (Fsp3) is 0.429. The van der Waals surface area contributed by atoms with E-state index in [-0.39, 0.29) is 10.6 Å². The van der Waals surface area contributed by atoms with Crippen molar-refractivity contribution in [2.75, 3.05) is 5.75 Å². The van der Waals surface area contributed by atoms with Crippen LogP contribution in [0.25, 0.3) is 0 Å². The van der Waals surface area contributed by atoms with E-state index in [0.717, 1.165) is 17.8 Å². The molecule has 22 heavy (non-hydrogen) atoms. The lowest BCUT2D eigenvalue weighted by atomic mass is 10.2. The largest absolute Gasteiger partial charge is 0.307 e. The van der Waals surface area contributed by atoms with Crippen LogP contribution >= 0.6 is 11.6 Å². The molecule has 1 aromatic heterocycles. The van der Waals surface area contributed by atoms with Gasteiger partial charge >= 0.3 is 0 Å². The molecule has 0 saturated heterocycles. The lowest BCUT2D eigenvalue weighted by Gasteiger charge is -2.07. The molecule has 1 heterocycles. The molecule has 8 heteroatoms. The standard InChI is InChI=1S/C14H19ClN4O2S/c1-3-19-17-10-13(18-19)9-16-8-11-5-12(15)7-14(6-11)22(20,21)4-2/h5-7,10,16H,3-4,8-9H2,1-2H3. The van der Waals surface area contributed by atoms with Crippen LogP contribution in [0.4, 0.5) is 0 Å². The number of aromatic nitrogens is 3. The summed E-state index contributed by atoms with van der Waals surface area (Å²) in [4.78, 5) is 1.87. The first-order valence-electron chi connectivity index (χ1n) is 7.06. The number of aryl methyl sites for hydroxylation is 1. The zero-order valence-electron chi connectivity index (χ0n) is 12.6. The Bertz CT molecular complexity index is 743. The average Bonchev–Trinajstić information content (AvgIpc) is 2.94. The monoisotopic (exact) mass is 342 g/mol. The molecule has 0 fully saturated rings. The number of nitrogens with zero attached hydrogens (tertiary/aromatic N) is 3. The van der Waals surface area contributed by atoms with Crippen LogP contribution in [0.1, 0.15) is 25.1 Å². The first kappa shape index (κ1) is 16.9. The Morgan fingerprint density at radius 1 is 1.23 bits per heavy atom. The lowest BCUT2D eigenvalue weighted by Crippen LogP contribution is -2.14. The van der Waals surface area contributed by atoms with Crippen LogP contribution in [0.3, 0.4) is 0 Å². The SMILES string of the molecule is CCn1ncc(CNCc2cc(Cl)cc(S(=O)(=O)CC)c2)n1. The van der Waals surface area contributed by atoms with Gasteiger partial charge in [0.15, 0.2) is 9.84 Å². The molecular weight excluding hydrogens is 324 g/mol. The zero-order valence-corrected chi connectivity index (χ0v) is 14.2. The highest BCUT2D eigenvalue weighted by Crippen LogP contribution is 2.20. The molecular formula is C14H19ClN4O2S. The lowest BCUT2D eigenvalue weighted by molar-refractivity contribution is 0.557. The Morgan fingerprint density at radius 3 is 2.64 bits per heavy atom. The van der Waals surface area contributed by atoms with Crippen molar-refractivity contribution in [2.24, 2.45) is 0 Å². The van der Waals surface area contributed by atoms with Crippen LogP contribution in [0.5, 0.6) is 0 Å². The summed E-state index contributed by atoms with van der Waals surface area (Å²) in [7, 11) is -3.26. The van der Waals surface area contributed by atoms with Crippen LogP contribution in [-0.4, -0.2) is 29.2 Å². The summed E-state index contributed by atoms with van der Waals surface area (Å²) < 4.78 is 23.9. The van der Waals surface area contributed by atoms with Gasteiger partial charge in [-0.15, -0.1) is 0 Å². The van der Waals surface area contributed by atoms with E-state index in [9.17, 15) is 8.42 Å². The van der Waals surface area contributed by atoms with Gasteiger partial charge in [-0.05, 0) is 30.7 Å². The number of rotatable bonds is 7. The fourth-order valence-electron chi connectivity index (χ4n) is 1.97. The number of nitrogens with one attached hydrogen (secondary N) is 1. The maximum atomic E-state index is 11.9. The maximum absolute atomic E-state index is 11.9. The fourth-order valence-corrected chi connectivity index (χ4v) is 3.26. The second-order valence-electron chi connectivity index (χ2n) is 4.83. The van der Waals surface area contributed by atoms with E-state index in [0.29, 0.717) is 18.1 Å². The molecule has 0 aliphatic rings. The molecule has 0 saturated carbocycles. The maximum Gasteiger partial charge on any atom is 0.178 e. The third-order valence-electron chi connectivity index (χ3n) is 3.17. The van der Waals surface area contributed by atoms with Crippen molar-refractivity contribution in [3.63, 3.8) is 0 Å². The average molecular weight is 343 g/mol. The van der Waals surface area contributed by atoms with Gasteiger partial charge in [-0.3, -0.25) is 0 Å². The van der Waals surface area contributed by atoms with Crippen molar-refractivity contribution >= 4 is 21.4 Å². The highest BCUT2D eigenvalue weighted by molar-refractivity contribution is 7.91. The number of hydrogen-bond acceptors (Lipinski definition) is 5. The van der Waals surface area contributed by atoms with Crippen molar-refractivity contribution in [3.05, 3.63) is 40.7 Å². The van der Waals surface area contributed by atoms with E-state index in [2.05, 4.69) is 15.5 Å². The first-order valence-corrected chi connectivity index (χ1v) is 9.09. The van der Waals surface area contributed by atoms with Crippen molar-refractivity contribution in [3.8, 4) is 0 Å². The number of halogens is 1. The summed E-state index contributed by atoms with van der Waals surface area (Å²) in [5, 5.41) is 12.0. The quantitative estimate of drug-likeness (QED) is 0.833. The number of sulfone groups is 1. The predicted molar refractivity (Wildman–Crippen MR) is 85.4 cm³/mol. The molecule has 1 aromatic carbocycles. The Labute approximate surface area is 135 Å². The summed E-state index contributed by atoms with van der Waals surface area (Å²) in [6.07, 6.45) is 1.71. The van der Waals surface area contributed by atoms with Crippen LogP contribution in [0.2, 0.25) is 5.02 Å². The van der Waals surface area contributed by atoms with Gasteiger partial charge in [0, 0.05) is 18.1 Å². The molecule has 2 aromatic rings. The van der Waals surface area contributed by atoms with Gasteiger partial charge in [0.05, 0.1) is 29.1 Å². The Kier molecular flexibility index (Phi) is 5.55. The predicted octanol–water partition coefficient (Wildman–Crippen LogP) is 2.03. The van der Waals surface area contributed by atoms with Gasteiger partial charge in [-0.25, -0.2) is 8.42 Å². The van der Waals surface area contributed by atoms with Crippen molar-refractivity contribution in [1.29, 1.82) is 0 Å². The molecule has 0 unspecified atom stereocenters. The van der Waals surface area contributed by atoms with E-state index >= 15 is 0 Å². The zero-order chi connectivity index (χ0) is 16.2. The highest BCUT2D eigenvalue weighted by Gasteiger charge is 2.13. The van der Waals surface area contributed by atoms with Crippen LogP contribution in [0.15, 0.2) is 29.3 Å². The Balaban J connectivity index is 2.03. The summed E-state index contributed by atoms with van der Waals surface area (Å²) in [6, 6.07) is 4.89. The molecule has 0 bridgehead atoms. The van der Waals surface area contributed by atoms with Crippen LogP contribution in [-0.2, 0) is 29.5 Å². The van der Waals surface area contributed by atoms with Crippen molar-refractivity contribution in [2.45, 2.75) is 38.4 Å². The van der Waals surface area contributed by atoms with E-state index in [1.165, 1.54) is 6.07 Å². The summed E-state index contributed by atoms with van der Waals surface area (Å²) in [5.41, 5.74) is 1.66. The Morgan fingerprint density at radius 2 is 2.00 bits per heavy atom. The molecule has 2 rings (SSSR count). The summed E-state index contributed by atoms with van der Waals surface area (Å²) in [6.45, 7) is 5.38. The molecule has 0 atom stereocenters. The molecule has 0 aliphatic carbocycles. The van der Waals surface area contributed by atoms with Gasteiger partial charge < -0.3 is 5.32 Å². The smallest absolute Gasteiger partial charge is 0.178 e. The molecule has 120 valence electrons. The van der Waals surface area contributed by atoms with Gasteiger partial charge in [0.2, 0.25) is 0 Å². The van der Waals surface area contributed by atoms with Crippen molar-refractivity contribution < 1.29 is 8.42 Å². The molecule has 0 spiro atoms. The van der Waals surface area contributed by atoms with Gasteiger partial charge in [-0.1, -0.05) is 18.5 Å². The van der Waals surface area contributed by atoms with E-state index < -0.39 is 9.84 Å². The van der Waals surface area contributed by atoms with Crippen molar-refractivity contribution in [1.82, 2.24) is 20.3 Å². The first-order chi connectivity index (χ1) is 10.4. The number of hydrogen-bond donors (Lipinski definition) is 1. The molecule has 0 amide bonds. The van der Waals surface area contributed by atoms with Gasteiger partial charge in [0.25, 0.3) is 0 Å². The Hall–Kier alpha value is -1.44. The third-order valence-corrected chi connectivity index (χ3v) is 5.10. The molecule has 0 aliphatic heterocycles. The minimum Gasteiger partial charge on any atom is -0.307 e. The molecule has 0 radical (unpaired) electrons. The highest BCUT2D eigenvalue weighted by atomic mass is 35.5. The van der Waals surface area contributed by atoms with Crippen LogP contribution in [0, 0.1) is 0 Å². The normalized spacial score (nSPS) is 11.8. The summed E-state index contributed by atoms with van der Waals surface area (Å²) >= 11 is 6.01. The van der Waals surface area contributed by atoms with Crippen LogP contribution < -0.4 is 5.32 Å². The minimum absolute atomic E-state index is 0.0559. The van der Waals surface area contributed by atoms with Gasteiger partial charge in [-0.2, -0.15) is 15.0 Å². The van der Waals surface area contributed by atoms with E-state index in [4.69, 9.17) is 11.6 Å². The molecule has 1 N–H and O–H groups in total. The van der Waals surface area contributed by atoms with E-state index in [1.54, 1.807) is 30.0 Å². The third kappa shape index (κ3) is 4.28. The number of benzene rings is 1. The molecule has 6 nitrogen and oxygen atoms in total. The van der Waals surface area contributed by atoms with Gasteiger partial charge in [0.1, 0.15) is 0 Å². The topological polar surface area (TPSA) is 76.9 Å².